The second-order valence-corrected chi connectivity index (χ2v) is 4.71. The van der Waals surface area contributed by atoms with Gasteiger partial charge in [-0.3, -0.25) is 0 Å². The largest absolute Gasteiger partial charge is 0.384 e. The minimum absolute atomic E-state index is 0.459. The number of hydrogen-bond donors (Lipinski definition) is 2. The first-order chi connectivity index (χ1) is 7.56. The van der Waals surface area contributed by atoms with E-state index in [2.05, 4.69) is 19.2 Å². The van der Waals surface area contributed by atoms with E-state index in [0.717, 1.165) is 12.0 Å². The Hall–Kier alpha value is -0.860. The van der Waals surface area contributed by atoms with Crippen LogP contribution in [0.4, 0.5) is 0 Å². The van der Waals surface area contributed by atoms with Crippen molar-refractivity contribution in [1.29, 1.82) is 0 Å². The van der Waals surface area contributed by atoms with Crippen LogP contribution in [0.25, 0.3) is 0 Å². The minimum Gasteiger partial charge on any atom is -0.384 e. The zero-order valence-electron chi connectivity index (χ0n) is 10.5. The topological polar surface area (TPSA) is 32.3 Å². The summed E-state index contributed by atoms with van der Waals surface area (Å²) in [5, 5.41) is 13.7. The number of hydrogen-bond acceptors (Lipinski definition) is 2. The number of nitrogens with one attached hydrogen (secondary N) is 1. The third-order valence-corrected chi connectivity index (χ3v) is 2.91. The summed E-state index contributed by atoms with van der Waals surface area (Å²) in [5.41, 5.74) is 0.176. The molecule has 90 valence electrons. The Kier molecular flexibility index (Phi) is 4.97. The smallest absolute Gasteiger partial charge is 0.0992 e. The van der Waals surface area contributed by atoms with Gasteiger partial charge < -0.3 is 10.4 Å². The molecule has 0 amide bonds. The second kappa shape index (κ2) is 6.02. The maximum Gasteiger partial charge on any atom is 0.0992 e. The van der Waals surface area contributed by atoms with Crippen LogP contribution in [0.15, 0.2) is 30.3 Å². The Morgan fingerprint density at radius 1 is 1.31 bits per heavy atom. The van der Waals surface area contributed by atoms with E-state index in [1.54, 1.807) is 0 Å². The van der Waals surface area contributed by atoms with Crippen molar-refractivity contribution in [3.63, 3.8) is 0 Å². The van der Waals surface area contributed by atoms with Crippen molar-refractivity contribution in [1.82, 2.24) is 5.32 Å². The third-order valence-electron chi connectivity index (χ3n) is 2.91. The van der Waals surface area contributed by atoms with E-state index in [-0.39, 0.29) is 0 Å². The fraction of sp³-hybridized carbons (Fsp3) is 0.571. The van der Waals surface area contributed by atoms with E-state index in [4.69, 9.17) is 0 Å². The molecule has 2 atom stereocenters. The van der Waals surface area contributed by atoms with Gasteiger partial charge in [0.05, 0.1) is 5.60 Å². The molecule has 0 aliphatic rings. The number of rotatable bonds is 6. The van der Waals surface area contributed by atoms with Gasteiger partial charge in [0.25, 0.3) is 0 Å². The summed E-state index contributed by atoms with van der Waals surface area (Å²) in [4.78, 5) is 0. The van der Waals surface area contributed by atoms with Gasteiger partial charge in [-0.05, 0) is 25.8 Å². The van der Waals surface area contributed by atoms with Crippen molar-refractivity contribution in [3.05, 3.63) is 35.9 Å². The zero-order chi connectivity index (χ0) is 12.0. The summed E-state index contributed by atoms with van der Waals surface area (Å²) in [6, 6.07) is 10.3. The van der Waals surface area contributed by atoms with Gasteiger partial charge in [-0.1, -0.05) is 43.7 Å². The normalized spacial score (nSPS) is 16.8. The van der Waals surface area contributed by atoms with Gasteiger partial charge in [0.15, 0.2) is 0 Å². The monoisotopic (exact) mass is 221 g/mol. The van der Waals surface area contributed by atoms with E-state index >= 15 is 0 Å². The molecule has 0 aliphatic heterocycles. The molecule has 2 nitrogen and oxygen atoms in total. The molecule has 0 radical (unpaired) electrons. The highest BCUT2D eigenvalue weighted by Crippen LogP contribution is 2.19. The van der Waals surface area contributed by atoms with Gasteiger partial charge in [0.2, 0.25) is 0 Å². The van der Waals surface area contributed by atoms with Crippen LogP contribution in [-0.4, -0.2) is 17.7 Å². The number of aliphatic hydroxyl groups is 1. The van der Waals surface area contributed by atoms with Gasteiger partial charge in [-0.2, -0.15) is 0 Å². The third kappa shape index (κ3) is 3.95. The molecule has 2 heteroatoms. The lowest BCUT2D eigenvalue weighted by molar-refractivity contribution is 0.0541. The Bertz CT molecular complexity index is 295. The molecule has 0 bridgehead atoms. The molecule has 2 unspecified atom stereocenters. The summed E-state index contributed by atoms with van der Waals surface area (Å²) in [6.07, 6.45) is 2.31. The van der Waals surface area contributed by atoms with E-state index in [1.165, 1.54) is 6.42 Å². The SMILES string of the molecule is CCCC(C)NCC(C)(O)c1ccccc1. The molecule has 1 aromatic rings. The standard InChI is InChI=1S/C14H23NO/c1-4-8-12(2)15-11-14(3,16)13-9-6-5-7-10-13/h5-7,9-10,12,15-16H,4,8,11H2,1-3H3. The molecule has 0 fully saturated rings. The van der Waals surface area contributed by atoms with Gasteiger partial charge in [-0.15, -0.1) is 0 Å². The van der Waals surface area contributed by atoms with Crippen LogP contribution in [-0.2, 0) is 5.60 Å². The van der Waals surface area contributed by atoms with Crippen LogP contribution in [0.2, 0.25) is 0 Å². The van der Waals surface area contributed by atoms with E-state index in [1.807, 2.05) is 37.3 Å². The van der Waals surface area contributed by atoms with Gasteiger partial charge in [-0.25, -0.2) is 0 Å². The highest BCUT2D eigenvalue weighted by molar-refractivity contribution is 5.21. The molecule has 2 N–H and O–H groups in total. The van der Waals surface area contributed by atoms with Crippen LogP contribution in [0, 0.1) is 0 Å². The highest BCUT2D eigenvalue weighted by Gasteiger charge is 2.22. The first-order valence-corrected chi connectivity index (χ1v) is 6.07. The Morgan fingerprint density at radius 3 is 2.50 bits per heavy atom. The summed E-state index contributed by atoms with van der Waals surface area (Å²) in [5.74, 6) is 0. The summed E-state index contributed by atoms with van der Waals surface area (Å²) in [7, 11) is 0. The average Bonchev–Trinajstić information content (AvgIpc) is 2.28. The maximum absolute atomic E-state index is 10.3. The molecule has 0 saturated carbocycles. The Labute approximate surface area is 98.7 Å². The van der Waals surface area contributed by atoms with Crippen molar-refractivity contribution in [2.75, 3.05) is 6.54 Å². The van der Waals surface area contributed by atoms with Crippen molar-refractivity contribution in [3.8, 4) is 0 Å². The quantitative estimate of drug-likeness (QED) is 0.774. The van der Waals surface area contributed by atoms with Crippen LogP contribution >= 0.6 is 0 Å². The molecule has 0 heterocycles. The fourth-order valence-electron chi connectivity index (χ4n) is 1.81. The van der Waals surface area contributed by atoms with Crippen LogP contribution in [0.5, 0.6) is 0 Å². The predicted molar refractivity (Wildman–Crippen MR) is 68.4 cm³/mol. The summed E-state index contributed by atoms with van der Waals surface area (Å²) >= 11 is 0. The van der Waals surface area contributed by atoms with E-state index in [9.17, 15) is 5.11 Å². The highest BCUT2D eigenvalue weighted by atomic mass is 16.3. The first kappa shape index (κ1) is 13.2. The first-order valence-electron chi connectivity index (χ1n) is 6.07. The summed E-state index contributed by atoms with van der Waals surface area (Å²) < 4.78 is 0. The Balaban J connectivity index is 2.52. The molecule has 0 spiro atoms. The number of benzene rings is 1. The molecule has 0 saturated heterocycles. The van der Waals surface area contributed by atoms with Crippen LogP contribution in [0.1, 0.15) is 39.2 Å². The van der Waals surface area contributed by atoms with E-state index in [0.29, 0.717) is 12.6 Å². The fourth-order valence-corrected chi connectivity index (χ4v) is 1.81. The molecule has 0 aromatic heterocycles. The summed E-state index contributed by atoms with van der Waals surface area (Å²) in [6.45, 7) is 6.78. The van der Waals surface area contributed by atoms with Gasteiger partial charge in [0.1, 0.15) is 0 Å². The Morgan fingerprint density at radius 2 is 1.94 bits per heavy atom. The van der Waals surface area contributed by atoms with Gasteiger partial charge in [0, 0.05) is 12.6 Å². The lowest BCUT2D eigenvalue weighted by atomic mass is 9.95. The molecular weight excluding hydrogens is 198 g/mol. The molecule has 1 aromatic carbocycles. The maximum atomic E-state index is 10.3. The van der Waals surface area contributed by atoms with Crippen molar-refractivity contribution in [2.45, 2.75) is 45.3 Å². The van der Waals surface area contributed by atoms with Crippen molar-refractivity contribution in [2.24, 2.45) is 0 Å². The van der Waals surface area contributed by atoms with Crippen LogP contribution in [0.3, 0.4) is 0 Å². The zero-order valence-corrected chi connectivity index (χ0v) is 10.5. The lowest BCUT2D eigenvalue weighted by Crippen LogP contribution is -2.39. The van der Waals surface area contributed by atoms with Gasteiger partial charge >= 0.3 is 0 Å². The predicted octanol–water partition coefficient (Wildman–Crippen LogP) is 2.67. The lowest BCUT2D eigenvalue weighted by Gasteiger charge is -2.26. The van der Waals surface area contributed by atoms with E-state index < -0.39 is 5.60 Å². The molecule has 0 aliphatic carbocycles. The molecule has 16 heavy (non-hydrogen) atoms. The van der Waals surface area contributed by atoms with Crippen LogP contribution < -0.4 is 5.32 Å². The molecular formula is C14H23NO. The molecule has 1 rings (SSSR count). The van der Waals surface area contributed by atoms with Crippen molar-refractivity contribution < 1.29 is 5.11 Å². The average molecular weight is 221 g/mol. The second-order valence-electron chi connectivity index (χ2n) is 4.71. The minimum atomic E-state index is -0.788. The van der Waals surface area contributed by atoms with Crippen molar-refractivity contribution >= 4 is 0 Å².